The van der Waals surface area contributed by atoms with Gasteiger partial charge in [-0.1, -0.05) is 25.1 Å². The summed E-state index contributed by atoms with van der Waals surface area (Å²) in [7, 11) is 1.63. The third kappa shape index (κ3) is 2.85. The first-order valence-electron chi connectivity index (χ1n) is 5.98. The van der Waals surface area contributed by atoms with Gasteiger partial charge in [-0.2, -0.15) is 0 Å². The third-order valence-electron chi connectivity index (χ3n) is 3.16. The molecular weight excluding hydrogens is 262 g/mol. The topological polar surface area (TPSA) is 68.0 Å². The summed E-state index contributed by atoms with van der Waals surface area (Å²) in [6.07, 6.45) is 1.67. The van der Waals surface area contributed by atoms with Crippen LogP contribution in [0.25, 0.3) is 10.9 Å². The Bertz CT molecular complexity index is 586. The van der Waals surface area contributed by atoms with Crippen LogP contribution in [0.1, 0.15) is 28.8 Å². The van der Waals surface area contributed by atoms with Gasteiger partial charge in [-0.3, -0.25) is 9.78 Å². The summed E-state index contributed by atoms with van der Waals surface area (Å²) in [6.45, 7) is 2.62. The van der Waals surface area contributed by atoms with Gasteiger partial charge in [0.25, 0.3) is 5.91 Å². The van der Waals surface area contributed by atoms with Crippen molar-refractivity contribution >= 4 is 29.2 Å². The quantitative estimate of drug-likeness (QED) is 0.904. The highest BCUT2D eigenvalue weighted by atomic mass is 35.5. The first-order chi connectivity index (χ1) is 8.69. The zero-order valence-corrected chi connectivity index (χ0v) is 11.8. The van der Waals surface area contributed by atoms with Crippen LogP contribution in [0, 0.1) is 0 Å². The monoisotopic (exact) mass is 279 g/mol. The van der Waals surface area contributed by atoms with Crippen LogP contribution in [0.15, 0.2) is 30.5 Å². The van der Waals surface area contributed by atoms with Gasteiger partial charge in [0.15, 0.2) is 0 Å². The van der Waals surface area contributed by atoms with Crippen molar-refractivity contribution < 1.29 is 4.79 Å². The number of amides is 1. The van der Waals surface area contributed by atoms with Gasteiger partial charge in [-0.25, -0.2) is 0 Å². The molecule has 3 N–H and O–H groups in total. The normalized spacial score (nSPS) is 11.7. The molecule has 2 aromatic rings. The van der Waals surface area contributed by atoms with E-state index in [1.165, 1.54) is 0 Å². The number of rotatable bonds is 3. The maximum absolute atomic E-state index is 11.8. The molecule has 0 bridgehead atoms. The van der Waals surface area contributed by atoms with E-state index in [0.29, 0.717) is 12.1 Å². The molecule has 0 fully saturated rings. The molecule has 1 heterocycles. The van der Waals surface area contributed by atoms with Crippen molar-refractivity contribution in [2.45, 2.75) is 12.8 Å². The van der Waals surface area contributed by atoms with Crippen LogP contribution in [0.5, 0.6) is 0 Å². The number of nitrogens with one attached hydrogen (secondary N) is 1. The molecule has 5 heteroatoms. The second-order valence-electron chi connectivity index (χ2n) is 4.32. The summed E-state index contributed by atoms with van der Waals surface area (Å²) in [5.74, 6) is 0.126. The van der Waals surface area contributed by atoms with Crippen LogP contribution in [0.2, 0.25) is 0 Å². The summed E-state index contributed by atoms with van der Waals surface area (Å²) < 4.78 is 0. The number of hydrogen-bond acceptors (Lipinski definition) is 3. The fourth-order valence-corrected chi connectivity index (χ4v) is 2.06. The summed E-state index contributed by atoms with van der Waals surface area (Å²) >= 11 is 0. The van der Waals surface area contributed by atoms with E-state index in [0.717, 1.165) is 16.5 Å². The SMILES string of the molecule is CNC(=O)c1ccnc2c(C(C)CN)cccc12.Cl. The van der Waals surface area contributed by atoms with Crippen molar-refractivity contribution in [2.75, 3.05) is 13.6 Å². The largest absolute Gasteiger partial charge is 0.355 e. The molecule has 0 saturated carbocycles. The number of para-hydroxylation sites is 1. The van der Waals surface area contributed by atoms with Crippen LogP contribution in [-0.4, -0.2) is 24.5 Å². The van der Waals surface area contributed by atoms with Crippen LogP contribution < -0.4 is 11.1 Å². The first kappa shape index (κ1) is 15.4. The van der Waals surface area contributed by atoms with E-state index >= 15 is 0 Å². The van der Waals surface area contributed by atoms with E-state index in [-0.39, 0.29) is 24.2 Å². The molecule has 0 radical (unpaired) electrons. The highest BCUT2D eigenvalue weighted by Gasteiger charge is 2.13. The highest BCUT2D eigenvalue weighted by Crippen LogP contribution is 2.25. The van der Waals surface area contributed by atoms with E-state index in [1.54, 1.807) is 19.3 Å². The lowest BCUT2D eigenvalue weighted by Gasteiger charge is -2.13. The van der Waals surface area contributed by atoms with Gasteiger partial charge >= 0.3 is 0 Å². The van der Waals surface area contributed by atoms with E-state index in [2.05, 4.69) is 17.2 Å². The second kappa shape index (κ2) is 6.50. The minimum Gasteiger partial charge on any atom is -0.355 e. The van der Waals surface area contributed by atoms with Gasteiger partial charge in [0.05, 0.1) is 11.1 Å². The number of aromatic nitrogens is 1. The molecule has 0 saturated heterocycles. The van der Waals surface area contributed by atoms with E-state index in [1.807, 2.05) is 18.2 Å². The molecule has 2 rings (SSSR count). The van der Waals surface area contributed by atoms with Crippen LogP contribution in [0.4, 0.5) is 0 Å². The molecule has 19 heavy (non-hydrogen) atoms. The Balaban J connectivity index is 0.00000180. The van der Waals surface area contributed by atoms with Crippen LogP contribution in [-0.2, 0) is 0 Å². The number of pyridine rings is 1. The summed E-state index contributed by atoms with van der Waals surface area (Å²) in [4.78, 5) is 16.2. The van der Waals surface area contributed by atoms with Gasteiger partial charge in [0.1, 0.15) is 0 Å². The Morgan fingerprint density at radius 2 is 2.16 bits per heavy atom. The summed E-state index contributed by atoms with van der Waals surface area (Å²) in [6, 6.07) is 7.61. The Hall–Kier alpha value is -1.65. The molecule has 0 aliphatic heterocycles. The molecule has 102 valence electrons. The molecule has 1 aromatic heterocycles. The molecule has 0 aliphatic rings. The lowest BCUT2D eigenvalue weighted by atomic mass is 9.96. The molecule has 4 nitrogen and oxygen atoms in total. The molecule has 1 aromatic carbocycles. The molecule has 0 spiro atoms. The average molecular weight is 280 g/mol. The minimum absolute atomic E-state index is 0. The highest BCUT2D eigenvalue weighted by molar-refractivity contribution is 6.06. The number of halogens is 1. The Morgan fingerprint density at radius 1 is 1.42 bits per heavy atom. The summed E-state index contributed by atoms with van der Waals surface area (Å²) in [5.41, 5.74) is 8.30. The lowest BCUT2D eigenvalue weighted by molar-refractivity contribution is 0.0964. The molecule has 0 aliphatic carbocycles. The van der Waals surface area contributed by atoms with Crippen molar-refractivity contribution in [3.8, 4) is 0 Å². The molecular formula is C14H18ClN3O. The van der Waals surface area contributed by atoms with Crippen molar-refractivity contribution in [3.63, 3.8) is 0 Å². The number of fused-ring (bicyclic) bond motifs is 1. The number of hydrogen-bond donors (Lipinski definition) is 2. The van der Waals surface area contributed by atoms with Gasteiger partial charge < -0.3 is 11.1 Å². The predicted molar refractivity (Wildman–Crippen MR) is 79.9 cm³/mol. The maximum atomic E-state index is 11.8. The fourth-order valence-electron chi connectivity index (χ4n) is 2.06. The molecule has 1 atom stereocenters. The number of benzene rings is 1. The average Bonchev–Trinajstić information content (AvgIpc) is 2.44. The van der Waals surface area contributed by atoms with E-state index in [9.17, 15) is 4.79 Å². The number of carbonyl (C=O) groups is 1. The Kier molecular flexibility index (Phi) is 5.27. The second-order valence-corrected chi connectivity index (χ2v) is 4.32. The van der Waals surface area contributed by atoms with Crippen LogP contribution in [0.3, 0.4) is 0 Å². The summed E-state index contributed by atoms with van der Waals surface area (Å²) in [5, 5.41) is 3.51. The number of nitrogens with two attached hydrogens (primary N) is 1. The van der Waals surface area contributed by atoms with Gasteiger partial charge in [0.2, 0.25) is 0 Å². The van der Waals surface area contributed by atoms with Gasteiger partial charge in [-0.05, 0) is 24.1 Å². The smallest absolute Gasteiger partial charge is 0.251 e. The predicted octanol–water partition coefficient (Wildman–Crippen LogP) is 2.08. The molecule has 1 amide bonds. The lowest BCUT2D eigenvalue weighted by Crippen LogP contribution is -2.18. The van der Waals surface area contributed by atoms with E-state index < -0.39 is 0 Å². The van der Waals surface area contributed by atoms with Gasteiger partial charge in [0, 0.05) is 18.6 Å². The maximum Gasteiger partial charge on any atom is 0.251 e. The van der Waals surface area contributed by atoms with Crippen molar-refractivity contribution in [1.29, 1.82) is 0 Å². The Labute approximate surface area is 118 Å². The standard InChI is InChI=1S/C14H17N3O.ClH/c1-9(8-15)10-4-3-5-11-12(14(18)16-2)6-7-17-13(10)11;/h3-7,9H,8,15H2,1-2H3,(H,16,18);1H. The Morgan fingerprint density at radius 3 is 2.79 bits per heavy atom. The minimum atomic E-state index is -0.0973. The zero-order chi connectivity index (χ0) is 13.1. The number of carbonyl (C=O) groups excluding carboxylic acids is 1. The zero-order valence-electron chi connectivity index (χ0n) is 11.0. The van der Waals surface area contributed by atoms with Crippen LogP contribution >= 0.6 is 12.4 Å². The van der Waals surface area contributed by atoms with Gasteiger partial charge in [-0.15, -0.1) is 12.4 Å². The van der Waals surface area contributed by atoms with Crippen molar-refractivity contribution in [2.24, 2.45) is 5.73 Å². The third-order valence-corrected chi connectivity index (χ3v) is 3.16. The van der Waals surface area contributed by atoms with Crippen molar-refractivity contribution in [1.82, 2.24) is 10.3 Å². The first-order valence-corrected chi connectivity index (χ1v) is 5.98. The number of nitrogens with zero attached hydrogens (tertiary/aromatic N) is 1. The van der Waals surface area contributed by atoms with Crippen molar-refractivity contribution in [3.05, 3.63) is 41.6 Å². The fraction of sp³-hybridized carbons (Fsp3) is 0.286. The van der Waals surface area contributed by atoms with E-state index in [4.69, 9.17) is 5.73 Å². The molecule has 1 unspecified atom stereocenters.